The summed E-state index contributed by atoms with van der Waals surface area (Å²) in [6.07, 6.45) is 0. The van der Waals surface area contributed by atoms with Crippen LogP contribution in [0.15, 0.2) is 18.2 Å². The molecule has 7 heteroatoms. The molecule has 0 aliphatic carbocycles. The van der Waals surface area contributed by atoms with E-state index >= 15 is 0 Å². The molecule has 0 aliphatic heterocycles. The van der Waals surface area contributed by atoms with E-state index in [1.54, 1.807) is 18.2 Å². The first-order chi connectivity index (χ1) is 9.88. The number of hydrogen-bond donors (Lipinski definition) is 1. The zero-order valence-corrected chi connectivity index (χ0v) is 14.9. The van der Waals surface area contributed by atoms with Gasteiger partial charge in [-0.05, 0) is 44.5 Å². The number of thiocarbonyl (C=S) groups is 1. The number of nitrogens with one attached hydrogen (secondary N) is 1. The highest BCUT2D eigenvalue weighted by Gasteiger charge is 2.05. The van der Waals surface area contributed by atoms with Crippen LogP contribution in [0.1, 0.15) is 0 Å². The SMILES string of the molecule is CN(C)CCNC(=S)N(C)CCOc1cc(Cl)cc(Cl)c1. The van der Waals surface area contributed by atoms with E-state index < -0.39 is 0 Å². The lowest BCUT2D eigenvalue weighted by Crippen LogP contribution is -2.41. The fraction of sp³-hybridized carbons (Fsp3) is 0.500. The van der Waals surface area contributed by atoms with E-state index in [4.69, 9.17) is 40.2 Å². The van der Waals surface area contributed by atoms with Crippen molar-refractivity contribution in [3.63, 3.8) is 0 Å². The van der Waals surface area contributed by atoms with Gasteiger partial charge in [0.15, 0.2) is 5.11 Å². The molecule has 0 fully saturated rings. The Morgan fingerprint density at radius 3 is 2.33 bits per heavy atom. The molecule has 21 heavy (non-hydrogen) atoms. The van der Waals surface area contributed by atoms with Crippen molar-refractivity contribution < 1.29 is 4.74 Å². The van der Waals surface area contributed by atoms with Gasteiger partial charge in [-0.3, -0.25) is 0 Å². The smallest absolute Gasteiger partial charge is 0.168 e. The van der Waals surface area contributed by atoms with Gasteiger partial charge in [0, 0.05) is 30.2 Å². The van der Waals surface area contributed by atoms with Gasteiger partial charge in [0.1, 0.15) is 12.4 Å². The fourth-order valence-electron chi connectivity index (χ4n) is 1.54. The Morgan fingerprint density at radius 1 is 1.14 bits per heavy atom. The van der Waals surface area contributed by atoms with Gasteiger partial charge in [-0.1, -0.05) is 23.2 Å². The highest BCUT2D eigenvalue weighted by atomic mass is 35.5. The van der Waals surface area contributed by atoms with Crippen molar-refractivity contribution in [1.29, 1.82) is 0 Å². The van der Waals surface area contributed by atoms with Gasteiger partial charge in [-0.15, -0.1) is 0 Å². The van der Waals surface area contributed by atoms with E-state index in [0.717, 1.165) is 13.1 Å². The van der Waals surface area contributed by atoms with Crippen LogP contribution in [0.25, 0.3) is 0 Å². The lowest BCUT2D eigenvalue weighted by atomic mass is 10.3. The van der Waals surface area contributed by atoms with Crippen LogP contribution >= 0.6 is 35.4 Å². The Hall–Kier alpha value is -0.750. The van der Waals surface area contributed by atoms with E-state index in [9.17, 15) is 0 Å². The summed E-state index contributed by atoms with van der Waals surface area (Å²) in [5.74, 6) is 0.660. The largest absolute Gasteiger partial charge is 0.492 e. The normalized spacial score (nSPS) is 10.6. The van der Waals surface area contributed by atoms with Crippen LogP contribution in [0.5, 0.6) is 5.75 Å². The summed E-state index contributed by atoms with van der Waals surface area (Å²) in [5.41, 5.74) is 0. The third-order valence-corrected chi connectivity index (χ3v) is 3.61. The first-order valence-corrected chi connectivity index (χ1v) is 7.77. The summed E-state index contributed by atoms with van der Waals surface area (Å²) in [6.45, 7) is 2.94. The van der Waals surface area contributed by atoms with E-state index in [2.05, 4.69) is 10.2 Å². The minimum Gasteiger partial charge on any atom is -0.492 e. The molecule has 0 saturated heterocycles. The quantitative estimate of drug-likeness (QED) is 0.764. The van der Waals surface area contributed by atoms with E-state index in [1.165, 1.54) is 0 Å². The van der Waals surface area contributed by atoms with Crippen LogP contribution in [0, 0.1) is 0 Å². The third-order valence-electron chi connectivity index (χ3n) is 2.71. The van der Waals surface area contributed by atoms with Gasteiger partial charge in [0.05, 0.1) is 6.54 Å². The molecular formula is C14H21Cl2N3OS. The fourth-order valence-corrected chi connectivity index (χ4v) is 2.23. The van der Waals surface area contributed by atoms with Crippen molar-refractivity contribution in [2.45, 2.75) is 0 Å². The van der Waals surface area contributed by atoms with Gasteiger partial charge in [-0.2, -0.15) is 0 Å². The van der Waals surface area contributed by atoms with Crippen LogP contribution in [0.4, 0.5) is 0 Å². The van der Waals surface area contributed by atoms with E-state index in [1.807, 2.05) is 26.0 Å². The molecule has 1 rings (SSSR count). The summed E-state index contributed by atoms with van der Waals surface area (Å²) >= 11 is 17.1. The molecule has 0 amide bonds. The second kappa shape index (κ2) is 9.30. The monoisotopic (exact) mass is 349 g/mol. The maximum absolute atomic E-state index is 5.92. The number of benzene rings is 1. The van der Waals surface area contributed by atoms with Crippen LogP contribution in [0.2, 0.25) is 10.0 Å². The summed E-state index contributed by atoms with van der Waals surface area (Å²) in [4.78, 5) is 4.04. The molecule has 1 N–H and O–H groups in total. The van der Waals surface area contributed by atoms with Crippen LogP contribution in [-0.4, -0.2) is 62.3 Å². The summed E-state index contributed by atoms with van der Waals surface area (Å²) in [5, 5.41) is 5.03. The van der Waals surface area contributed by atoms with Crippen molar-refractivity contribution in [3.05, 3.63) is 28.2 Å². The van der Waals surface area contributed by atoms with E-state index in [-0.39, 0.29) is 0 Å². The highest BCUT2D eigenvalue weighted by Crippen LogP contribution is 2.23. The lowest BCUT2D eigenvalue weighted by Gasteiger charge is -2.22. The average molecular weight is 350 g/mol. The molecule has 0 heterocycles. The minimum absolute atomic E-state index is 0.503. The van der Waals surface area contributed by atoms with Gasteiger partial charge in [0.2, 0.25) is 0 Å². The lowest BCUT2D eigenvalue weighted by molar-refractivity contribution is 0.283. The number of ether oxygens (including phenoxy) is 1. The Balaban J connectivity index is 2.29. The molecular weight excluding hydrogens is 329 g/mol. The minimum atomic E-state index is 0.503. The molecule has 0 saturated carbocycles. The molecule has 0 atom stereocenters. The van der Waals surface area contributed by atoms with Crippen molar-refractivity contribution >= 4 is 40.5 Å². The molecule has 0 spiro atoms. The van der Waals surface area contributed by atoms with Crippen molar-refractivity contribution in [2.75, 3.05) is 47.4 Å². The average Bonchev–Trinajstić information content (AvgIpc) is 2.36. The van der Waals surface area contributed by atoms with Crippen molar-refractivity contribution in [1.82, 2.24) is 15.1 Å². The van der Waals surface area contributed by atoms with Crippen LogP contribution in [-0.2, 0) is 0 Å². The number of rotatable bonds is 7. The molecule has 4 nitrogen and oxygen atoms in total. The van der Waals surface area contributed by atoms with Gasteiger partial charge >= 0.3 is 0 Å². The maximum Gasteiger partial charge on any atom is 0.168 e. The molecule has 1 aromatic carbocycles. The predicted molar refractivity (Wildman–Crippen MR) is 93.7 cm³/mol. The van der Waals surface area contributed by atoms with Crippen LogP contribution in [0.3, 0.4) is 0 Å². The molecule has 0 bridgehead atoms. The van der Waals surface area contributed by atoms with Crippen molar-refractivity contribution in [2.24, 2.45) is 0 Å². The molecule has 0 aliphatic rings. The highest BCUT2D eigenvalue weighted by molar-refractivity contribution is 7.80. The Kier molecular flexibility index (Phi) is 8.11. The summed E-state index contributed by atoms with van der Waals surface area (Å²) < 4.78 is 5.62. The summed E-state index contributed by atoms with van der Waals surface area (Å²) in [6, 6.07) is 5.15. The number of halogens is 2. The zero-order valence-electron chi connectivity index (χ0n) is 12.5. The predicted octanol–water partition coefficient (Wildman–Crippen LogP) is 2.74. The summed E-state index contributed by atoms with van der Waals surface area (Å²) in [7, 11) is 5.98. The zero-order chi connectivity index (χ0) is 15.8. The first-order valence-electron chi connectivity index (χ1n) is 6.61. The second-order valence-corrected chi connectivity index (χ2v) is 6.17. The topological polar surface area (TPSA) is 27.7 Å². The van der Waals surface area contributed by atoms with Gasteiger partial charge in [-0.25, -0.2) is 0 Å². The Labute approximate surface area is 141 Å². The number of likely N-dealkylation sites (N-methyl/N-ethyl adjacent to an activating group) is 2. The Morgan fingerprint density at radius 2 is 1.76 bits per heavy atom. The standard InChI is InChI=1S/C14H21Cl2N3OS/c1-18(2)5-4-17-14(21)19(3)6-7-20-13-9-11(15)8-12(16)10-13/h8-10H,4-7H2,1-3H3,(H,17,21). The third kappa shape index (κ3) is 7.71. The second-order valence-electron chi connectivity index (χ2n) is 4.91. The first kappa shape index (κ1) is 18.3. The Bertz CT molecular complexity index is 451. The van der Waals surface area contributed by atoms with Gasteiger partial charge < -0.3 is 19.9 Å². The molecule has 118 valence electrons. The van der Waals surface area contributed by atoms with Crippen molar-refractivity contribution in [3.8, 4) is 5.75 Å². The van der Waals surface area contributed by atoms with Crippen LogP contribution < -0.4 is 10.1 Å². The molecule has 0 unspecified atom stereocenters. The van der Waals surface area contributed by atoms with Gasteiger partial charge in [0.25, 0.3) is 0 Å². The molecule has 0 radical (unpaired) electrons. The number of hydrogen-bond acceptors (Lipinski definition) is 3. The number of nitrogens with zero attached hydrogens (tertiary/aromatic N) is 2. The van der Waals surface area contributed by atoms with E-state index in [0.29, 0.717) is 34.1 Å². The molecule has 0 aromatic heterocycles. The maximum atomic E-state index is 5.92. The molecule has 1 aromatic rings.